The fraction of sp³-hybridized carbons (Fsp3) is 0.471. The van der Waals surface area contributed by atoms with Crippen LogP contribution in [0.2, 0.25) is 0 Å². The average molecular weight is 362 g/mol. The maximum absolute atomic E-state index is 12.6. The summed E-state index contributed by atoms with van der Waals surface area (Å²) in [6.07, 6.45) is 0. The van der Waals surface area contributed by atoms with Gasteiger partial charge in [0.05, 0.1) is 12.1 Å². The summed E-state index contributed by atoms with van der Waals surface area (Å²) in [5, 5.41) is 5.85. The minimum atomic E-state index is -0.631. The molecule has 26 heavy (non-hydrogen) atoms. The maximum Gasteiger partial charge on any atom is 0.420 e. The number of fused-ring (bicyclic) bond motifs is 1. The first-order chi connectivity index (χ1) is 12.6. The van der Waals surface area contributed by atoms with E-state index in [1.807, 2.05) is 0 Å². The Morgan fingerprint density at radius 3 is 2.81 bits per heavy atom. The van der Waals surface area contributed by atoms with Crippen molar-refractivity contribution in [3.63, 3.8) is 0 Å². The first-order valence-corrected chi connectivity index (χ1v) is 8.49. The van der Waals surface area contributed by atoms with Gasteiger partial charge in [-0.2, -0.15) is 0 Å². The van der Waals surface area contributed by atoms with Gasteiger partial charge in [-0.1, -0.05) is 0 Å². The lowest BCUT2D eigenvalue weighted by Crippen LogP contribution is -2.46. The molecule has 1 aliphatic rings. The van der Waals surface area contributed by atoms with E-state index in [-0.39, 0.29) is 18.4 Å². The lowest BCUT2D eigenvalue weighted by Gasteiger charge is -2.27. The van der Waals surface area contributed by atoms with Crippen LogP contribution in [-0.4, -0.2) is 67.7 Å². The van der Waals surface area contributed by atoms with Crippen LogP contribution in [0.5, 0.6) is 0 Å². The highest BCUT2D eigenvalue weighted by Crippen LogP contribution is 2.17. The van der Waals surface area contributed by atoms with Crippen LogP contribution in [0.3, 0.4) is 0 Å². The first-order valence-electron chi connectivity index (χ1n) is 8.49. The number of oxazole rings is 1. The summed E-state index contributed by atoms with van der Waals surface area (Å²) in [7, 11) is 1.54. The summed E-state index contributed by atoms with van der Waals surface area (Å²) >= 11 is 0. The molecule has 0 atom stereocenters. The van der Waals surface area contributed by atoms with Crippen molar-refractivity contribution in [2.75, 3.05) is 46.4 Å². The molecule has 1 saturated heterocycles. The molecule has 9 heteroatoms. The highest BCUT2D eigenvalue weighted by molar-refractivity contribution is 5.97. The molecule has 1 aromatic heterocycles. The second kappa shape index (κ2) is 8.15. The van der Waals surface area contributed by atoms with Gasteiger partial charge in [0.25, 0.3) is 5.91 Å². The molecule has 0 radical (unpaired) electrons. The third kappa shape index (κ3) is 3.94. The molecule has 1 fully saturated rings. The highest BCUT2D eigenvalue weighted by atomic mass is 16.5. The Balaban J connectivity index is 1.82. The minimum absolute atomic E-state index is 0.0989. The molecule has 0 spiro atoms. The molecule has 2 N–H and O–H groups in total. The van der Waals surface area contributed by atoms with E-state index < -0.39 is 5.76 Å². The Kier molecular flexibility index (Phi) is 5.69. The van der Waals surface area contributed by atoms with E-state index in [9.17, 15) is 14.4 Å². The number of benzene rings is 1. The van der Waals surface area contributed by atoms with Gasteiger partial charge in [0.1, 0.15) is 6.54 Å². The summed E-state index contributed by atoms with van der Waals surface area (Å²) in [5.74, 6) is -1.06. The van der Waals surface area contributed by atoms with Crippen molar-refractivity contribution >= 4 is 22.9 Å². The SMILES string of the molecule is COCCNC(=O)Cn1c(=O)oc2ccc(C(=O)N3CCNCC3)cc21. The van der Waals surface area contributed by atoms with E-state index in [0.29, 0.717) is 42.9 Å². The summed E-state index contributed by atoms with van der Waals surface area (Å²) in [6, 6.07) is 4.83. The second-order valence-electron chi connectivity index (χ2n) is 6.02. The van der Waals surface area contributed by atoms with Crippen molar-refractivity contribution in [3.8, 4) is 0 Å². The number of aromatic nitrogens is 1. The lowest BCUT2D eigenvalue weighted by molar-refractivity contribution is -0.121. The van der Waals surface area contributed by atoms with Gasteiger partial charge in [0, 0.05) is 45.4 Å². The van der Waals surface area contributed by atoms with Crippen LogP contribution in [0.15, 0.2) is 27.4 Å². The van der Waals surface area contributed by atoms with E-state index in [4.69, 9.17) is 9.15 Å². The zero-order valence-electron chi connectivity index (χ0n) is 14.6. The number of rotatable bonds is 6. The molecule has 9 nitrogen and oxygen atoms in total. The molecule has 0 bridgehead atoms. The number of amides is 2. The topological polar surface area (TPSA) is 106 Å². The molecule has 1 aliphatic heterocycles. The van der Waals surface area contributed by atoms with Gasteiger partial charge in [-0.25, -0.2) is 4.79 Å². The molecular weight excluding hydrogens is 340 g/mol. The molecule has 0 aliphatic carbocycles. The zero-order chi connectivity index (χ0) is 18.5. The van der Waals surface area contributed by atoms with Crippen molar-refractivity contribution in [1.29, 1.82) is 0 Å². The molecule has 3 rings (SSSR count). The van der Waals surface area contributed by atoms with Gasteiger partial charge in [-0.3, -0.25) is 14.2 Å². The van der Waals surface area contributed by atoms with E-state index in [2.05, 4.69) is 10.6 Å². The zero-order valence-corrected chi connectivity index (χ0v) is 14.6. The molecule has 140 valence electrons. The smallest absolute Gasteiger partial charge is 0.408 e. The number of carbonyl (C=O) groups is 2. The number of carbonyl (C=O) groups excluding carboxylic acids is 2. The Morgan fingerprint density at radius 1 is 1.31 bits per heavy atom. The van der Waals surface area contributed by atoms with Crippen LogP contribution in [0.4, 0.5) is 0 Å². The van der Waals surface area contributed by atoms with E-state index in [1.165, 1.54) is 11.7 Å². The third-order valence-corrected chi connectivity index (χ3v) is 4.25. The van der Waals surface area contributed by atoms with Crippen LogP contribution in [-0.2, 0) is 16.1 Å². The van der Waals surface area contributed by atoms with Crippen molar-refractivity contribution in [2.24, 2.45) is 0 Å². The van der Waals surface area contributed by atoms with E-state index in [0.717, 1.165) is 13.1 Å². The molecular formula is C17H22N4O5. The summed E-state index contributed by atoms with van der Waals surface area (Å²) in [6.45, 7) is 3.34. The van der Waals surface area contributed by atoms with Crippen LogP contribution < -0.4 is 16.4 Å². The number of hydrogen-bond acceptors (Lipinski definition) is 6. The fourth-order valence-electron chi connectivity index (χ4n) is 2.89. The van der Waals surface area contributed by atoms with Crippen LogP contribution >= 0.6 is 0 Å². The maximum atomic E-state index is 12.6. The predicted molar refractivity (Wildman–Crippen MR) is 94.1 cm³/mol. The summed E-state index contributed by atoms with van der Waals surface area (Å²) in [5.41, 5.74) is 1.24. The molecule has 1 aromatic carbocycles. The Hall–Kier alpha value is -2.65. The standard InChI is InChI=1S/C17H22N4O5/c1-25-9-6-19-15(22)11-21-13-10-12(2-3-14(13)26-17(21)24)16(23)20-7-4-18-5-8-20/h2-3,10,18H,4-9,11H2,1H3,(H,19,22). The Labute approximate surface area is 149 Å². The Morgan fingerprint density at radius 2 is 2.08 bits per heavy atom. The number of nitrogens with one attached hydrogen (secondary N) is 2. The normalized spacial score (nSPS) is 14.6. The third-order valence-electron chi connectivity index (χ3n) is 4.25. The van der Waals surface area contributed by atoms with Crippen molar-refractivity contribution in [2.45, 2.75) is 6.54 Å². The summed E-state index contributed by atoms with van der Waals surface area (Å²) in [4.78, 5) is 38.5. The number of piperazine rings is 1. The fourth-order valence-corrected chi connectivity index (χ4v) is 2.89. The van der Waals surface area contributed by atoms with E-state index in [1.54, 1.807) is 23.1 Å². The van der Waals surface area contributed by atoms with Crippen LogP contribution in [0.1, 0.15) is 10.4 Å². The van der Waals surface area contributed by atoms with Gasteiger partial charge in [0.2, 0.25) is 5.91 Å². The summed E-state index contributed by atoms with van der Waals surface area (Å²) < 4.78 is 11.3. The number of ether oxygens (including phenoxy) is 1. The molecule has 2 aromatic rings. The molecule has 0 saturated carbocycles. The average Bonchev–Trinajstić information content (AvgIpc) is 2.97. The highest BCUT2D eigenvalue weighted by Gasteiger charge is 2.20. The predicted octanol–water partition coefficient (Wildman–Crippen LogP) is -0.597. The van der Waals surface area contributed by atoms with E-state index >= 15 is 0 Å². The van der Waals surface area contributed by atoms with Gasteiger partial charge < -0.3 is 24.7 Å². The molecule has 2 amide bonds. The number of methoxy groups -OCH3 is 1. The van der Waals surface area contributed by atoms with Gasteiger partial charge in [-0.15, -0.1) is 0 Å². The van der Waals surface area contributed by atoms with Crippen molar-refractivity contribution in [1.82, 2.24) is 20.1 Å². The first kappa shape index (κ1) is 18.2. The Bertz CT molecular complexity index is 850. The number of nitrogens with zero attached hydrogens (tertiary/aromatic N) is 2. The van der Waals surface area contributed by atoms with Gasteiger partial charge in [-0.05, 0) is 18.2 Å². The largest absolute Gasteiger partial charge is 0.420 e. The lowest BCUT2D eigenvalue weighted by atomic mass is 10.1. The molecule has 2 heterocycles. The minimum Gasteiger partial charge on any atom is -0.408 e. The number of hydrogen-bond donors (Lipinski definition) is 2. The van der Waals surface area contributed by atoms with Crippen LogP contribution in [0.25, 0.3) is 11.1 Å². The van der Waals surface area contributed by atoms with Crippen LogP contribution in [0, 0.1) is 0 Å². The van der Waals surface area contributed by atoms with Crippen molar-refractivity contribution in [3.05, 3.63) is 34.3 Å². The van der Waals surface area contributed by atoms with Gasteiger partial charge >= 0.3 is 5.76 Å². The van der Waals surface area contributed by atoms with Crippen molar-refractivity contribution < 1.29 is 18.7 Å². The monoisotopic (exact) mass is 362 g/mol. The second-order valence-corrected chi connectivity index (χ2v) is 6.02. The molecule has 0 unspecified atom stereocenters. The van der Waals surface area contributed by atoms with Gasteiger partial charge in [0.15, 0.2) is 5.58 Å². The quantitative estimate of drug-likeness (QED) is 0.665.